The number of fused-ring (bicyclic) bond motifs is 1. The van der Waals surface area contributed by atoms with Crippen molar-refractivity contribution in [1.29, 1.82) is 0 Å². The maximum absolute atomic E-state index is 14.4. The fraction of sp³-hybridized carbons (Fsp3) is 0.391. The van der Waals surface area contributed by atoms with Gasteiger partial charge in [0, 0.05) is 28.9 Å². The number of methoxy groups -OCH3 is 1. The van der Waals surface area contributed by atoms with E-state index in [1.807, 2.05) is 0 Å². The first kappa shape index (κ1) is 23.7. The van der Waals surface area contributed by atoms with Crippen LogP contribution in [0.1, 0.15) is 37.7 Å². The van der Waals surface area contributed by atoms with Crippen molar-refractivity contribution in [2.75, 3.05) is 12.4 Å². The molecule has 0 fully saturated rings. The van der Waals surface area contributed by atoms with Gasteiger partial charge in [-0.3, -0.25) is 0 Å². The second kappa shape index (κ2) is 8.90. The lowest BCUT2D eigenvalue weighted by atomic mass is 9.80. The van der Waals surface area contributed by atoms with Gasteiger partial charge in [0.2, 0.25) is 0 Å². The number of hydrogen-bond donors (Lipinski definition) is 2. The van der Waals surface area contributed by atoms with Crippen molar-refractivity contribution in [1.82, 2.24) is 9.97 Å². The van der Waals surface area contributed by atoms with Gasteiger partial charge in [-0.2, -0.15) is 13.2 Å². The summed E-state index contributed by atoms with van der Waals surface area (Å²) in [6.07, 6.45) is -4.07. The second-order valence-electron chi connectivity index (χ2n) is 8.14. The molecule has 0 saturated heterocycles. The lowest BCUT2D eigenvalue weighted by Gasteiger charge is -2.40. The predicted molar refractivity (Wildman–Crippen MR) is 114 cm³/mol. The first-order valence-electron chi connectivity index (χ1n) is 10.1. The molecule has 2 atom stereocenters. The van der Waals surface area contributed by atoms with Crippen molar-refractivity contribution < 1.29 is 27.4 Å². The largest absolute Gasteiger partial charge is 0.496 e. The highest BCUT2D eigenvalue weighted by Crippen LogP contribution is 2.48. The van der Waals surface area contributed by atoms with Crippen LogP contribution in [0, 0.1) is 18.7 Å². The molecule has 172 valence electrons. The SMILES string of the molecule is COc1cc(F)ccc1C(Nc1cccc2nc(C)ncc12)C(O)(CC(C)C)C(F)(F)F. The average molecular weight is 451 g/mol. The van der Waals surface area contributed by atoms with E-state index in [4.69, 9.17) is 4.74 Å². The van der Waals surface area contributed by atoms with E-state index in [2.05, 4.69) is 15.3 Å². The summed E-state index contributed by atoms with van der Waals surface area (Å²) in [5, 5.41) is 14.5. The number of aliphatic hydroxyl groups is 1. The quantitative estimate of drug-likeness (QED) is 0.459. The number of nitrogens with one attached hydrogen (secondary N) is 1. The van der Waals surface area contributed by atoms with Crippen molar-refractivity contribution in [3.63, 3.8) is 0 Å². The average Bonchev–Trinajstić information content (AvgIpc) is 2.70. The number of rotatable bonds is 7. The van der Waals surface area contributed by atoms with Gasteiger partial charge in [-0.1, -0.05) is 26.0 Å². The van der Waals surface area contributed by atoms with Crippen molar-refractivity contribution in [2.24, 2.45) is 5.92 Å². The third-order valence-corrected chi connectivity index (χ3v) is 5.24. The van der Waals surface area contributed by atoms with Gasteiger partial charge in [0.1, 0.15) is 17.4 Å². The van der Waals surface area contributed by atoms with Gasteiger partial charge in [-0.15, -0.1) is 0 Å². The molecule has 0 bridgehead atoms. The van der Waals surface area contributed by atoms with E-state index in [0.29, 0.717) is 22.4 Å². The summed E-state index contributed by atoms with van der Waals surface area (Å²) in [5.41, 5.74) is -2.38. The third kappa shape index (κ3) is 4.62. The van der Waals surface area contributed by atoms with Crippen molar-refractivity contribution >= 4 is 16.6 Å². The lowest BCUT2D eigenvalue weighted by Crippen LogP contribution is -2.53. The van der Waals surface area contributed by atoms with Gasteiger partial charge < -0.3 is 15.2 Å². The molecule has 0 aliphatic carbocycles. The molecule has 2 N–H and O–H groups in total. The van der Waals surface area contributed by atoms with E-state index >= 15 is 0 Å². The molecular weight excluding hydrogens is 426 g/mol. The van der Waals surface area contributed by atoms with Crippen LogP contribution in [0.5, 0.6) is 5.75 Å². The van der Waals surface area contributed by atoms with Crippen LogP contribution in [0.15, 0.2) is 42.6 Å². The van der Waals surface area contributed by atoms with Crippen LogP contribution in [0.3, 0.4) is 0 Å². The zero-order valence-electron chi connectivity index (χ0n) is 18.2. The summed E-state index contributed by atoms with van der Waals surface area (Å²) in [5.74, 6) is -0.757. The van der Waals surface area contributed by atoms with E-state index in [-0.39, 0.29) is 11.3 Å². The standard InChI is InChI=1S/C23H25F4N3O2/c1-13(2)11-22(31,23(25,26)27)21(16-9-8-15(24)10-20(16)32-4)30-19-7-5-6-18-17(19)12-28-14(3)29-18/h5-10,12-13,21,30-31H,11H2,1-4H3. The highest BCUT2D eigenvalue weighted by atomic mass is 19.4. The maximum atomic E-state index is 14.4. The van der Waals surface area contributed by atoms with Crippen LogP contribution in [-0.2, 0) is 0 Å². The molecule has 0 aliphatic heterocycles. The molecule has 0 radical (unpaired) electrons. The first-order chi connectivity index (χ1) is 15.0. The molecular formula is C23H25F4N3O2. The Morgan fingerprint density at radius 1 is 1.16 bits per heavy atom. The number of benzene rings is 2. The molecule has 0 spiro atoms. The topological polar surface area (TPSA) is 67.3 Å². The summed E-state index contributed by atoms with van der Waals surface area (Å²) in [6, 6.07) is 6.45. The number of ether oxygens (including phenoxy) is 1. The molecule has 3 aromatic rings. The van der Waals surface area contributed by atoms with Crippen LogP contribution in [-0.4, -0.2) is 34.0 Å². The van der Waals surface area contributed by atoms with E-state index in [0.717, 1.165) is 12.1 Å². The molecule has 2 unspecified atom stereocenters. The molecule has 2 aromatic carbocycles. The Morgan fingerprint density at radius 2 is 1.88 bits per heavy atom. The number of aromatic nitrogens is 2. The fourth-order valence-corrected chi connectivity index (χ4v) is 3.83. The number of halogens is 4. The third-order valence-electron chi connectivity index (χ3n) is 5.24. The number of hydrogen-bond acceptors (Lipinski definition) is 5. The smallest absolute Gasteiger partial charge is 0.419 e. The first-order valence-corrected chi connectivity index (χ1v) is 10.1. The minimum absolute atomic E-state index is 0.0283. The molecule has 1 aromatic heterocycles. The Bertz CT molecular complexity index is 1100. The Morgan fingerprint density at radius 3 is 2.50 bits per heavy atom. The van der Waals surface area contributed by atoms with Gasteiger partial charge in [0.05, 0.1) is 18.7 Å². The van der Waals surface area contributed by atoms with Crippen LogP contribution < -0.4 is 10.1 Å². The molecule has 0 aliphatic rings. The van der Waals surface area contributed by atoms with E-state index in [1.54, 1.807) is 39.0 Å². The highest BCUT2D eigenvalue weighted by molar-refractivity contribution is 5.90. The minimum Gasteiger partial charge on any atom is -0.496 e. The normalized spacial score (nSPS) is 14.9. The Hall–Kier alpha value is -2.94. The van der Waals surface area contributed by atoms with E-state index in [9.17, 15) is 22.7 Å². The molecule has 1 heterocycles. The fourth-order valence-electron chi connectivity index (χ4n) is 3.83. The van der Waals surface area contributed by atoms with Crippen molar-refractivity contribution in [3.05, 3.63) is 59.8 Å². The summed E-state index contributed by atoms with van der Waals surface area (Å²) in [7, 11) is 1.24. The number of anilines is 1. The van der Waals surface area contributed by atoms with Gasteiger partial charge in [0.15, 0.2) is 5.60 Å². The predicted octanol–water partition coefficient (Wildman–Crippen LogP) is 5.58. The van der Waals surface area contributed by atoms with Crippen molar-refractivity contribution in [3.8, 4) is 5.75 Å². The summed E-state index contributed by atoms with van der Waals surface area (Å²) < 4.78 is 62.1. The van der Waals surface area contributed by atoms with Crippen molar-refractivity contribution in [2.45, 2.75) is 45.0 Å². The zero-order chi connectivity index (χ0) is 23.7. The van der Waals surface area contributed by atoms with E-state index in [1.165, 1.54) is 19.4 Å². The number of nitrogens with zero attached hydrogens (tertiary/aromatic N) is 2. The van der Waals surface area contributed by atoms with Gasteiger partial charge >= 0.3 is 6.18 Å². The molecule has 9 heteroatoms. The zero-order valence-corrected chi connectivity index (χ0v) is 18.2. The van der Waals surface area contributed by atoms with E-state index < -0.39 is 36.0 Å². The second-order valence-corrected chi connectivity index (χ2v) is 8.14. The molecule has 0 amide bonds. The van der Waals surface area contributed by atoms with Gasteiger partial charge in [-0.05, 0) is 37.5 Å². The molecule has 3 rings (SSSR count). The summed E-state index contributed by atoms with van der Waals surface area (Å²) in [6.45, 7) is 4.88. The molecule has 32 heavy (non-hydrogen) atoms. The summed E-state index contributed by atoms with van der Waals surface area (Å²) in [4.78, 5) is 8.45. The number of alkyl halides is 3. The van der Waals surface area contributed by atoms with Crippen LogP contribution >= 0.6 is 0 Å². The Kier molecular flexibility index (Phi) is 6.59. The van der Waals surface area contributed by atoms with Crippen LogP contribution in [0.2, 0.25) is 0 Å². The van der Waals surface area contributed by atoms with Crippen LogP contribution in [0.25, 0.3) is 10.9 Å². The highest BCUT2D eigenvalue weighted by Gasteiger charge is 2.59. The van der Waals surface area contributed by atoms with Crippen LogP contribution in [0.4, 0.5) is 23.2 Å². The molecule has 5 nitrogen and oxygen atoms in total. The lowest BCUT2D eigenvalue weighted by molar-refractivity contribution is -0.272. The minimum atomic E-state index is -4.99. The maximum Gasteiger partial charge on any atom is 0.419 e. The number of aryl methyl sites for hydroxylation is 1. The molecule has 0 saturated carbocycles. The monoisotopic (exact) mass is 451 g/mol. The Labute approximate surface area is 183 Å². The van der Waals surface area contributed by atoms with Gasteiger partial charge in [-0.25, -0.2) is 14.4 Å². The Balaban J connectivity index is 2.24. The summed E-state index contributed by atoms with van der Waals surface area (Å²) >= 11 is 0. The van der Waals surface area contributed by atoms with Gasteiger partial charge in [0.25, 0.3) is 0 Å².